The lowest BCUT2D eigenvalue weighted by Gasteiger charge is -2.36. The van der Waals surface area contributed by atoms with Gasteiger partial charge in [-0.15, -0.1) is 0 Å². The standard InChI is InChI=1S/C23H27N3O3/c1-3-17-8-10-18(11-9-17)26-22(27)16-20(23(26)28)25-14-12-24(13-15-25)19-6-4-5-7-21(19)29-2/h4-11,20H,3,12-16H2,1-2H3/p+1/t20-/m1/s1. The molecule has 0 saturated carbocycles. The smallest absolute Gasteiger partial charge is 0.292 e. The highest BCUT2D eigenvalue weighted by atomic mass is 16.5. The third-order valence-corrected chi connectivity index (χ3v) is 6.07. The van der Waals surface area contributed by atoms with Gasteiger partial charge >= 0.3 is 0 Å². The van der Waals surface area contributed by atoms with Crippen molar-refractivity contribution in [1.29, 1.82) is 0 Å². The van der Waals surface area contributed by atoms with E-state index in [1.807, 2.05) is 42.5 Å². The first kappa shape index (κ1) is 19.5. The fourth-order valence-corrected chi connectivity index (χ4v) is 4.38. The molecular formula is C23H28N3O3+. The van der Waals surface area contributed by atoms with Crippen molar-refractivity contribution in [3.05, 3.63) is 54.1 Å². The topological polar surface area (TPSA) is 54.3 Å². The summed E-state index contributed by atoms with van der Waals surface area (Å²) in [6, 6.07) is 15.5. The van der Waals surface area contributed by atoms with E-state index in [2.05, 4.69) is 17.9 Å². The normalized spacial score (nSPS) is 20.4. The van der Waals surface area contributed by atoms with Gasteiger partial charge in [-0.3, -0.25) is 9.59 Å². The van der Waals surface area contributed by atoms with Crippen LogP contribution in [0.5, 0.6) is 5.75 Å². The predicted molar refractivity (Wildman–Crippen MR) is 113 cm³/mol. The molecule has 6 nitrogen and oxygen atoms in total. The van der Waals surface area contributed by atoms with Crippen molar-refractivity contribution in [2.75, 3.05) is 43.1 Å². The maximum atomic E-state index is 13.1. The van der Waals surface area contributed by atoms with E-state index in [9.17, 15) is 9.59 Å². The van der Waals surface area contributed by atoms with E-state index in [4.69, 9.17) is 4.74 Å². The lowest BCUT2D eigenvalue weighted by Crippen LogP contribution is -3.19. The van der Waals surface area contributed by atoms with Crippen LogP contribution in [0.15, 0.2) is 48.5 Å². The van der Waals surface area contributed by atoms with Gasteiger partial charge in [0.1, 0.15) is 5.75 Å². The minimum absolute atomic E-state index is 0.0695. The Morgan fingerprint density at radius 3 is 2.38 bits per heavy atom. The molecule has 2 saturated heterocycles. The molecule has 1 N–H and O–H groups in total. The maximum absolute atomic E-state index is 13.1. The number of aryl methyl sites for hydroxylation is 1. The van der Waals surface area contributed by atoms with Crippen molar-refractivity contribution in [3.63, 3.8) is 0 Å². The molecule has 0 unspecified atom stereocenters. The summed E-state index contributed by atoms with van der Waals surface area (Å²) in [5.74, 6) is 0.702. The van der Waals surface area contributed by atoms with E-state index >= 15 is 0 Å². The third-order valence-electron chi connectivity index (χ3n) is 6.07. The number of methoxy groups -OCH3 is 1. The highest BCUT2D eigenvalue weighted by Gasteiger charge is 2.46. The Hall–Kier alpha value is -2.86. The molecule has 4 rings (SSSR count). The third kappa shape index (κ3) is 3.72. The Labute approximate surface area is 171 Å². The number of nitrogens with zero attached hydrogens (tertiary/aromatic N) is 2. The van der Waals surface area contributed by atoms with Crippen LogP contribution < -0.4 is 19.4 Å². The summed E-state index contributed by atoms with van der Waals surface area (Å²) in [5, 5.41) is 0. The quantitative estimate of drug-likeness (QED) is 0.777. The van der Waals surface area contributed by atoms with E-state index in [0.717, 1.165) is 44.0 Å². The number of hydrogen-bond acceptors (Lipinski definition) is 4. The lowest BCUT2D eigenvalue weighted by molar-refractivity contribution is -0.915. The predicted octanol–water partition coefficient (Wildman–Crippen LogP) is 1.29. The second-order valence-electron chi connectivity index (χ2n) is 7.66. The Balaban J connectivity index is 1.43. The van der Waals surface area contributed by atoms with Crippen molar-refractivity contribution in [2.24, 2.45) is 0 Å². The number of quaternary nitrogens is 1. The summed E-state index contributed by atoms with van der Waals surface area (Å²) in [4.78, 5) is 30.6. The van der Waals surface area contributed by atoms with Crippen LogP contribution in [0.4, 0.5) is 11.4 Å². The second-order valence-corrected chi connectivity index (χ2v) is 7.66. The molecule has 0 bridgehead atoms. The molecule has 1 atom stereocenters. The summed E-state index contributed by atoms with van der Waals surface area (Å²) in [7, 11) is 1.69. The maximum Gasteiger partial charge on any atom is 0.292 e. The molecule has 29 heavy (non-hydrogen) atoms. The number of carbonyl (C=O) groups excluding carboxylic acids is 2. The van der Waals surface area contributed by atoms with Gasteiger partial charge in [0, 0.05) is 0 Å². The molecule has 2 aromatic carbocycles. The first-order valence-electron chi connectivity index (χ1n) is 10.3. The van der Waals surface area contributed by atoms with E-state index < -0.39 is 0 Å². The highest BCUT2D eigenvalue weighted by molar-refractivity contribution is 6.21. The summed E-state index contributed by atoms with van der Waals surface area (Å²) >= 11 is 0. The summed E-state index contributed by atoms with van der Waals surface area (Å²) in [6.45, 7) is 5.40. The van der Waals surface area contributed by atoms with Gasteiger partial charge < -0.3 is 14.5 Å². The molecule has 2 aliphatic heterocycles. The van der Waals surface area contributed by atoms with Gasteiger partial charge in [0.05, 0.1) is 51.1 Å². The van der Waals surface area contributed by atoms with Gasteiger partial charge in [-0.25, -0.2) is 4.90 Å². The molecule has 2 aromatic rings. The Morgan fingerprint density at radius 2 is 1.72 bits per heavy atom. The minimum atomic E-state index is -0.284. The van der Waals surface area contributed by atoms with Crippen LogP contribution in [0.2, 0.25) is 0 Å². The van der Waals surface area contributed by atoms with Crippen LogP contribution in [0.1, 0.15) is 18.9 Å². The number of ether oxygens (including phenoxy) is 1. The first-order chi connectivity index (χ1) is 14.1. The molecule has 2 heterocycles. The molecule has 0 spiro atoms. The van der Waals surface area contributed by atoms with E-state index in [-0.39, 0.29) is 17.9 Å². The van der Waals surface area contributed by atoms with E-state index in [0.29, 0.717) is 12.1 Å². The van der Waals surface area contributed by atoms with Gasteiger partial charge in [-0.2, -0.15) is 0 Å². The van der Waals surface area contributed by atoms with Crippen LogP contribution in [0.3, 0.4) is 0 Å². The number of hydrogen-bond donors (Lipinski definition) is 1. The highest BCUT2D eigenvalue weighted by Crippen LogP contribution is 2.28. The van der Waals surface area contributed by atoms with Gasteiger partial charge in [-0.1, -0.05) is 31.2 Å². The Morgan fingerprint density at radius 1 is 1.03 bits per heavy atom. The number of nitrogens with one attached hydrogen (secondary N) is 1. The summed E-state index contributed by atoms with van der Waals surface area (Å²) < 4.78 is 5.48. The van der Waals surface area contributed by atoms with Gasteiger partial charge in [0.15, 0.2) is 6.04 Å². The molecule has 0 aliphatic carbocycles. The van der Waals surface area contributed by atoms with Crippen LogP contribution in [0, 0.1) is 0 Å². The average molecular weight is 394 g/mol. The number of amides is 2. The van der Waals surface area contributed by atoms with Crippen molar-refractivity contribution < 1.29 is 19.2 Å². The molecule has 2 amide bonds. The fourth-order valence-electron chi connectivity index (χ4n) is 4.38. The summed E-state index contributed by atoms with van der Waals surface area (Å²) in [6.07, 6.45) is 1.23. The van der Waals surface area contributed by atoms with Gasteiger partial charge in [0.25, 0.3) is 5.91 Å². The molecule has 2 aliphatic rings. The lowest BCUT2D eigenvalue weighted by atomic mass is 10.1. The molecule has 0 aromatic heterocycles. The van der Waals surface area contributed by atoms with Crippen LogP contribution in [-0.2, 0) is 16.0 Å². The Kier molecular flexibility index (Phi) is 5.53. The molecular weight excluding hydrogens is 366 g/mol. The van der Waals surface area contributed by atoms with E-state index in [1.54, 1.807) is 7.11 Å². The number of anilines is 2. The average Bonchev–Trinajstić information content (AvgIpc) is 3.07. The zero-order chi connectivity index (χ0) is 20.4. The second kappa shape index (κ2) is 8.25. The minimum Gasteiger partial charge on any atom is -0.495 e. The molecule has 0 radical (unpaired) electrons. The van der Waals surface area contributed by atoms with Gasteiger partial charge in [0.2, 0.25) is 5.91 Å². The fraction of sp³-hybridized carbons (Fsp3) is 0.391. The number of piperazine rings is 1. The van der Waals surface area contributed by atoms with Crippen LogP contribution in [0.25, 0.3) is 0 Å². The zero-order valence-electron chi connectivity index (χ0n) is 17.1. The number of carbonyl (C=O) groups is 2. The SMILES string of the molecule is CCc1ccc(N2C(=O)C[C@@H]([NH+]3CCN(c4ccccc4OC)CC3)C2=O)cc1. The van der Waals surface area contributed by atoms with Crippen molar-refractivity contribution in [2.45, 2.75) is 25.8 Å². The zero-order valence-corrected chi connectivity index (χ0v) is 17.1. The number of para-hydroxylation sites is 2. The van der Waals surface area contributed by atoms with Crippen molar-refractivity contribution in [1.82, 2.24) is 0 Å². The van der Waals surface area contributed by atoms with Gasteiger partial charge in [-0.05, 0) is 36.2 Å². The first-order valence-corrected chi connectivity index (χ1v) is 10.3. The molecule has 2 fully saturated rings. The van der Waals surface area contributed by atoms with Crippen LogP contribution >= 0.6 is 0 Å². The largest absolute Gasteiger partial charge is 0.495 e. The number of imide groups is 1. The van der Waals surface area contributed by atoms with Crippen molar-refractivity contribution in [3.8, 4) is 5.75 Å². The van der Waals surface area contributed by atoms with E-state index in [1.165, 1.54) is 15.4 Å². The van der Waals surface area contributed by atoms with Crippen molar-refractivity contribution >= 4 is 23.2 Å². The number of rotatable bonds is 5. The van der Waals surface area contributed by atoms with Crippen LogP contribution in [-0.4, -0.2) is 51.1 Å². The number of benzene rings is 2. The molecule has 152 valence electrons. The summed E-state index contributed by atoms with van der Waals surface area (Å²) in [5.41, 5.74) is 2.97. The molecule has 6 heteroatoms. The monoisotopic (exact) mass is 394 g/mol. The Bertz CT molecular complexity index is 888.